The molecule has 1 aromatic heterocycles. The van der Waals surface area contributed by atoms with Gasteiger partial charge in [0.05, 0.1) is 18.4 Å². The first-order valence-corrected chi connectivity index (χ1v) is 10.0. The van der Waals surface area contributed by atoms with Crippen LogP contribution in [0, 0.1) is 0 Å². The van der Waals surface area contributed by atoms with Crippen molar-refractivity contribution in [3.8, 4) is 5.69 Å². The van der Waals surface area contributed by atoms with Crippen LogP contribution in [0.4, 0.5) is 0 Å². The molecule has 0 aliphatic heterocycles. The largest absolute Gasteiger partial charge is 0.340 e. The van der Waals surface area contributed by atoms with Crippen LogP contribution in [0.25, 0.3) is 5.69 Å². The van der Waals surface area contributed by atoms with Crippen LogP contribution in [-0.4, -0.2) is 46.1 Å². The molecule has 0 aliphatic rings. The summed E-state index contributed by atoms with van der Waals surface area (Å²) in [4.78, 5) is 16.4. The molecule has 5 nitrogen and oxygen atoms in total. The van der Waals surface area contributed by atoms with Crippen molar-refractivity contribution in [2.75, 3.05) is 20.6 Å². The van der Waals surface area contributed by atoms with Gasteiger partial charge in [-0.3, -0.25) is 9.69 Å². The van der Waals surface area contributed by atoms with Crippen LogP contribution in [0.15, 0.2) is 67.0 Å². The lowest BCUT2D eigenvalue weighted by Gasteiger charge is -2.21. The maximum absolute atomic E-state index is 12.6. The molecule has 29 heavy (non-hydrogen) atoms. The number of likely N-dealkylation sites (N-methyl/N-ethyl adjacent to an activating group) is 2. The van der Waals surface area contributed by atoms with Crippen molar-refractivity contribution in [3.63, 3.8) is 0 Å². The number of carbonyl (C=O) groups is 1. The van der Waals surface area contributed by atoms with E-state index in [1.165, 1.54) is 11.1 Å². The molecule has 0 bridgehead atoms. The quantitative estimate of drug-likeness (QED) is 0.582. The minimum Gasteiger partial charge on any atom is -0.340 e. The Morgan fingerprint density at radius 3 is 2.31 bits per heavy atom. The van der Waals surface area contributed by atoms with Crippen LogP contribution in [0.5, 0.6) is 0 Å². The predicted molar refractivity (Wildman–Crippen MR) is 117 cm³/mol. The molecule has 152 valence electrons. The van der Waals surface area contributed by atoms with Gasteiger partial charge in [-0.1, -0.05) is 56.3 Å². The summed E-state index contributed by atoms with van der Waals surface area (Å²) in [6.07, 6.45) is 3.79. The lowest BCUT2D eigenvalue weighted by atomic mass is 10.0. The Balaban J connectivity index is 1.51. The van der Waals surface area contributed by atoms with Crippen molar-refractivity contribution >= 4 is 5.91 Å². The number of rotatable bonds is 8. The lowest BCUT2D eigenvalue weighted by Crippen LogP contribution is -2.36. The lowest BCUT2D eigenvalue weighted by molar-refractivity contribution is -0.131. The third-order valence-electron chi connectivity index (χ3n) is 5.01. The van der Waals surface area contributed by atoms with Gasteiger partial charge in [0.15, 0.2) is 0 Å². The zero-order chi connectivity index (χ0) is 20.8. The molecule has 0 spiro atoms. The molecule has 0 fully saturated rings. The van der Waals surface area contributed by atoms with Gasteiger partial charge in [0.1, 0.15) is 0 Å². The van der Waals surface area contributed by atoms with Gasteiger partial charge in [-0.2, -0.15) is 5.10 Å². The van der Waals surface area contributed by atoms with Crippen LogP contribution in [0.1, 0.15) is 36.5 Å². The minimum absolute atomic E-state index is 0.0961. The Hall–Kier alpha value is -2.92. The zero-order valence-corrected chi connectivity index (χ0v) is 17.7. The highest BCUT2D eigenvalue weighted by molar-refractivity contribution is 5.77. The molecule has 2 aromatic carbocycles. The molecule has 3 aromatic rings. The fourth-order valence-corrected chi connectivity index (χ4v) is 3.25. The first-order chi connectivity index (χ1) is 13.9. The average Bonchev–Trinajstić information content (AvgIpc) is 3.17. The summed E-state index contributed by atoms with van der Waals surface area (Å²) in [5.74, 6) is 0.627. The summed E-state index contributed by atoms with van der Waals surface area (Å²) < 4.78 is 1.83. The molecule has 1 amide bonds. The molecule has 0 N–H and O–H groups in total. The van der Waals surface area contributed by atoms with Gasteiger partial charge < -0.3 is 4.90 Å². The van der Waals surface area contributed by atoms with Crippen LogP contribution >= 0.6 is 0 Å². The van der Waals surface area contributed by atoms with Crippen LogP contribution in [0.3, 0.4) is 0 Å². The standard InChI is InChI=1S/C24H30N4O/c1-19(2)22-12-10-20(11-13-22)15-26(3)18-24(29)27(4)16-21-14-25-28(17-21)23-8-6-5-7-9-23/h5-14,17,19H,15-16,18H2,1-4H3. The Morgan fingerprint density at radius 1 is 0.966 bits per heavy atom. The van der Waals surface area contributed by atoms with E-state index in [-0.39, 0.29) is 5.91 Å². The van der Waals surface area contributed by atoms with Gasteiger partial charge in [-0.05, 0) is 36.2 Å². The van der Waals surface area contributed by atoms with Gasteiger partial charge in [0, 0.05) is 31.9 Å². The van der Waals surface area contributed by atoms with E-state index in [0.29, 0.717) is 19.0 Å². The Bertz CT molecular complexity index is 916. The summed E-state index contributed by atoms with van der Waals surface area (Å²) in [6, 6.07) is 18.6. The number of hydrogen-bond donors (Lipinski definition) is 0. The number of amides is 1. The van der Waals surface area contributed by atoms with Gasteiger partial charge in [0.25, 0.3) is 0 Å². The van der Waals surface area contributed by atoms with Crippen LogP contribution in [-0.2, 0) is 17.9 Å². The van der Waals surface area contributed by atoms with E-state index in [9.17, 15) is 4.79 Å². The molecular formula is C24H30N4O. The molecule has 0 saturated carbocycles. The van der Waals surface area contributed by atoms with Gasteiger partial charge >= 0.3 is 0 Å². The van der Waals surface area contributed by atoms with Crippen molar-refractivity contribution in [1.29, 1.82) is 0 Å². The Morgan fingerprint density at radius 2 is 1.66 bits per heavy atom. The van der Waals surface area contributed by atoms with Crippen LogP contribution in [0.2, 0.25) is 0 Å². The molecule has 0 atom stereocenters. The number of benzene rings is 2. The highest BCUT2D eigenvalue weighted by atomic mass is 16.2. The number of carbonyl (C=O) groups excluding carboxylic acids is 1. The molecule has 0 saturated heterocycles. The molecular weight excluding hydrogens is 360 g/mol. The smallest absolute Gasteiger partial charge is 0.236 e. The normalized spacial score (nSPS) is 11.2. The average molecular weight is 391 g/mol. The molecule has 0 radical (unpaired) electrons. The highest BCUT2D eigenvalue weighted by Crippen LogP contribution is 2.15. The number of para-hydroxylation sites is 1. The molecule has 0 aliphatic carbocycles. The van der Waals surface area contributed by atoms with E-state index >= 15 is 0 Å². The van der Waals surface area contributed by atoms with Crippen LogP contribution < -0.4 is 0 Å². The fourth-order valence-electron chi connectivity index (χ4n) is 3.25. The zero-order valence-electron chi connectivity index (χ0n) is 17.7. The molecule has 0 unspecified atom stereocenters. The first kappa shape index (κ1) is 20.8. The second kappa shape index (κ2) is 9.52. The van der Waals surface area contributed by atoms with Crippen molar-refractivity contribution < 1.29 is 4.79 Å². The van der Waals surface area contributed by atoms with E-state index in [0.717, 1.165) is 17.8 Å². The topological polar surface area (TPSA) is 41.4 Å². The van der Waals surface area contributed by atoms with Crippen molar-refractivity contribution in [2.24, 2.45) is 0 Å². The molecule has 3 rings (SSSR count). The molecule has 5 heteroatoms. The Labute approximate surface area is 173 Å². The second-order valence-electron chi connectivity index (χ2n) is 7.95. The van der Waals surface area contributed by atoms with Gasteiger partial charge in [0.2, 0.25) is 5.91 Å². The van der Waals surface area contributed by atoms with E-state index in [1.54, 1.807) is 4.90 Å². The van der Waals surface area contributed by atoms with Crippen molar-refractivity contribution in [2.45, 2.75) is 32.9 Å². The maximum atomic E-state index is 12.6. The van der Waals surface area contributed by atoms with Gasteiger partial charge in [-0.25, -0.2) is 4.68 Å². The summed E-state index contributed by atoms with van der Waals surface area (Å²) in [5.41, 5.74) is 4.58. The second-order valence-corrected chi connectivity index (χ2v) is 7.95. The van der Waals surface area contributed by atoms with E-state index in [2.05, 4.69) is 48.1 Å². The third kappa shape index (κ3) is 5.78. The highest BCUT2D eigenvalue weighted by Gasteiger charge is 2.14. The first-order valence-electron chi connectivity index (χ1n) is 10.0. The molecule has 1 heterocycles. The van der Waals surface area contributed by atoms with Gasteiger partial charge in [-0.15, -0.1) is 0 Å². The summed E-state index contributed by atoms with van der Waals surface area (Å²) in [6.45, 7) is 6.07. The van der Waals surface area contributed by atoms with E-state index in [1.807, 2.05) is 61.5 Å². The van der Waals surface area contributed by atoms with Crippen molar-refractivity contribution in [1.82, 2.24) is 19.6 Å². The summed E-state index contributed by atoms with van der Waals surface area (Å²) in [5, 5.41) is 4.40. The number of hydrogen-bond acceptors (Lipinski definition) is 3. The number of nitrogens with zero attached hydrogens (tertiary/aromatic N) is 4. The summed E-state index contributed by atoms with van der Waals surface area (Å²) in [7, 11) is 3.82. The summed E-state index contributed by atoms with van der Waals surface area (Å²) >= 11 is 0. The van der Waals surface area contributed by atoms with Crippen molar-refractivity contribution in [3.05, 3.63) is 83.7 Å². The van der Waals surface area contributed by atoms with E-state index < -0.39 is 0 Å². The predicted octanol–water partition coefficient (Wildman–Crippen LogP) is 4.09. The fraction of sp³-hybridized carbons (Fsp3) is 0.333. The minimum atomic E-state index is 0.0961. The third-order valence-corrected chi connectivity index (χ3v) is 5.01. The monoisotopic (exact) mass is 390 g/mol. The van der Waals surface area contributed by atoms with E-state index in [4.69, 9.17) is 0 Å². The SMILES string of the molecule is CC(C)c1ccc(CN(C)CC(=O)N(C)Cc2cnn(-c3ccccc3)c2)cc1. The Kier molecular flexibility index (Phi) is 6.83. The maximum Gasteiger partial charge on any atom is 0.236 e. The number of aromatic nitrogens is 2.